The number of benzene rings is 2. The molecule has 2 aromatic rings. The molecule has 7 nitrogen and oxygen atoms in total. The lowest BCUT2D eigenvalue weighted by Gasteiger charge is -2.33. The standard InChI is InChI=1S/C29H41N3O4S/c1-22(28(34)30-25-14-10-7-11-15-25)31(20-23-12-8-6-9-13-23)27(33)21-32(37(5,35)36)26-18-16-24(17-19-26)29(2,3)4/h6,8-9,12-13,16-19,22,25H,7,10-11,14-15,20-21H2,1-5H3,(H,30,34). The van der Waals surface area contributed by atoms with Crippen molar-refractivity contribution < 1.29 is 18.0 Å². The lowest BCUT2D eigenvalue weighted by Crippen LogP contribution is -2.52. The molecule has 37 heavy (non-hydrogen) atoms. The molecule has 3 rings (SSSR count). The molecule has 0 aliphatic heterocycles. The van der Waals surface area contributed by atoms with Crippen LogP contribution >= 0.6 is 0 Å². The molecule has 8 heteroatoms. The van der Waals surface area contributed by atoms with Gasteiger partial charge in [-0.3, -0.25) is 13.9 Å². The summed E-state index contributed by atoms with van der Waals surface area (Å²) in [6.07, 6.45) is 6.33. The Hall–Kier alpha value is -2.87. The lowest BCUT2D eigenvalue weighted by atomic mass is 9.87. The van der Waals surface area contributed by atoms with E-state index >= 15 is 0 Å². The van der Waals surface area contributed by atoms with Crippen LogP contribution in [0.4, 0.5) is 5.69 Å². The van der Waals surface area contributed by atoms with E-state index in [1.807, 2.05) is 42.5 Å². The predicted molar refractivity (Wildman–Crippen MR) is 149 cm³/mol. The molecule has 0 aromatic heterocycles. The maximum absolute atomic E-state index is 13.7. The minimum Gasteiger partial charge on any atom is -0.352 e. The van der Waals surface area contributed by atoms with Crippen LogP contribution in [0.1, 0.15) is 70.9 Å². The summed E-state index contributed by atoms with van der Waals surface area (Å²) >= 11 is 0. The molecule has 2 amide bonds. The van der Waals surface area contributed by atoms with Crippen molar-refractivity contribution >= 4 is 27.5 Å². The summed E-state index contributed by atoms with van der Waals surface area (Å²) in [7, 11) is -3.75. The Bertz CT molecular complexity index is 1150. The van der Waals surface area contributed by atoms with Crippen LogP contribution in [0.2, 0.25) is 0 Å². The van der Waals surface area contributed by atoms with E-state index in [-0.39, 0.29) is 30.5 Å². The molecule has 1 atom stereocenters. The lowest BCUT2D eigenvalue weighted by molar-refractivity contribution is -0.139. The van der Waals surface area contributed by atoms with Crippen molar-refractivity contribution in [3.63, 3.8) is 0 Å². The first-order valence-corrected chi connectivity index (χ1v) is 14.9. The highest BCUT2D eigenvalue weighted by atomic mass is 32.2. The summed E-state index contributed by atoms with van der Waals surface area (Å²) in [6.45, 7) is 7.78. The number of rotatable bonds is 9. The molecule has 0 spiro atoms. The number of hydrogen-bond acceptors (Lipinski definition) is 4. The molecule has 1 saturated carbocycles. The first-order chi connectivity index (χ1) is 17.4. The minimum atomic E-state index is -3.75. The Morgan fingerprint density at radius 1 is 0.973 bits per heavy atom. The molecule has 1 fully saturated rings. The molecule has 0 bridgehead atoms. The number of sulfonamides is 1. The van der Waals surface area contributed by atoms with Crippen molar-refractivity contribution in [3.05, 3.63) is 65.7 Å². The maximum Gasteiger partial charge on any atom is 0.244 e. The summed E-state index contributed by atoms with van der Waals surface area (Å²) < 4.78 is 26.7. The molecular formula is C29H41N3O4S. The highest BCUT2D eigenvalue weighted by molar-refractivity contribution is 7.92. The molecule has 202 valence electrons. The SMILES string of the molecule is CC(C(=O)NC1CCCCC1)N(Cc1ccccc1)C(=O)CN(c1ccc(C(C)(C)C)cc1)S(C)(=O)=O. The van der Waals surface area contributed by atoms with Crippen LogP contribution < -0.4 is 9.62 Å². The highest BCUT2D eigenvalue weighted by Gasteiger charge is 2.31. The molecular weight excluding hydrogens is 486 g/mol. The van der Waals surface area contributed by atoms with Crippen LogP contribution in [-0.2, 0) is 31.6 Å². The van der Waals surface area contributed by atoms with Crippen molar-refractivity contribution in [1.82, 2.24) is 10.2 Å². The van der Waals surface area contributed by atoms with E-state index in [0.717, 1.165) is 47.4 Å². The average molecular weight is 528 g/mol. The van der Waals surface area contributed by atoms with E-state index < -0.39 is 22.0 Å². The fraction of sp³-hybridized carbons (Fsp3) is 0.517. The third-order valence-corrected chi connectivity index (χ3v) is 8.16. The molecule has 1 unspecified atom stereocenters. The zero-order valence-corrected chi connectivity index (χ0v) is 23.6. The van der Waals surface area contributed by atoms with Gasteiger partial charge in [0.05, 0.1) is 11.9 Å². The molecule has 0 saturated heterocycles. The molecule has 1 N–H and O–H groups in total. The van der Waals surface area contributed by atoms with E-state index in [0.29, 0.717) is 5.69 Å². The average Bonchev–Trinajstić information content (AvgIpc) is 2.85. The van der Waals surface area contributed by atoms with Gasteiger partial charge >= 0.3 is 0 Å². The van der Waals surface area contributed by atoms with Crippen molar-refractivity contribution in [2.24, 2.45) is 0 Å². The molecule has 2 aromatic carbocycles. The van der Waals surface area contributed by atoms with E-state index in [2.05, 4.69) is 26.1 Å². The van der Waals surface area contributed by atoms with Crippen molar-refractivity contribution in [2.45, 2.75) is 83.8 Å². The van der Waals surface area contributed by atoms with Gasteiger partial charge in [0.1, 0.15) is 12.6 Å². The Kier molecular flexibility index (Phi) is 9.40. The zero-order valence-electron chi connectivity index (χ0n) is 22.7. The van der Waals surface area contributed by atoms with Crippen molar-refractivity contribution in [3.8, 4) is 0 Å². The molecule has 1 aliphatic carbocycles. The van der Waals surface area contributed by atoms with Gasteiger partial charge < -0.3 is 10.2 Å². The van der Waals surface area contributed by atoms with E-state index in [9.17, 15) is 18.0 Å². The van der Waals surface area contributed by atoms with Crippen molar-refractivity contribution in [2.75, 3.05) is 17.1 Å². The second kappa shape index (κ2) is 12.1. The topological polar surface area (TPSA) is 86.8 Å². The number of nitrogens with zero attached hydrogens (tertiary/aromatic N) is 2. The van der Waals surface area contributed by atoms with E-state index in [1.54, 1.807) is 19.1 Å². The summed E-state index contributed by atoms with van der Waals surface area (Å²) in [6, 6.07) is 16.0. The second-order valence-electron chi connectivity index (χ2n) is 11.1. The van der Waals surface area contributed by atoms with E-state index in [1.165, 1.54) is 11.3 Å². The van der Waals surface area contributed by atoms with Gasteiger partial charge in [-0.25, -0.2) is 8.42 Å². The second-order valence-corrected chi connectivity index (χ2v) is 13.0. The minimum absolute atomic E-state index is 0.0854. The van der Waals surface area contributed by atoms with E-state index in [4.69, 9.17) is 0 Å². The smallest absolute Gasteiger partial charge is 0.244 e. The van der Waals surface area contributed by atoms with Crippen LogP contribution in [-0.4, -0.2) is 50.0 Å². The fourth-order valence-electron chi connectivity index (χ4n) is 4.67. The van der Waals surface area contributed by atoms with Crippen LogP contribution in [0, 0.1) is 0 Å². The first-order valence-electron chi connectivity index (χ1n) is 13.1. The summed E-state index contributed by atoms with van der Waals surface area (Å²) in [5.41, 5.74) is 2.27. The molecule has 1 aliphatic rings. The Morgan fingerprint density at radius 3 is 2.11 bits per heavy atom. The van der Waals surface area contributed by atoms with Crippen LogP contribution in [0.25, 0.3) is 0 Å². The molecule has 0 radical (unpaired) electrons. The zero-order chi connectivity index (χ0) is 27.2. The summed E-state index contributed by atoms with van der Waals surface area (Å²) in [5, 5.41) is 3.11. The number of hydrogen-bond donors (Lipinski definition) is 1. The molecule has 0 heterocycles. The quantitative estimate of drug-likeness (QED) is 0.516. The van der Waals surface area contributed by atoms with Crippen LogP contribution in [0.3, 0.4) is 0 Å². The Labute approximate surface area is 222 Å². The van der Waals surface area contributed by atoms with Gasteiger partial charge in [-0.15, -0.1) is 0 Å². The predicted octanol–water partition coefficient (Wildman–Crippen LogP) is 4.62. The van der Waals surface area contributed by atoms with Crippen molar-refractivity contribution in [1.29, 1.82) is 0 Å². The van der Waals surface area contributed by atoms with Gasteiger partial charge in [0, 0.05) is 12.6 Å². The first kappa shape index (κ1) is 28.7. The highest BCUT2D eigenvalue weighted by Crippen LogP contribution is 2.26. The number of amides is 2. The number of carbonyl (C=O) groups is 2. The fourth-order valence-corrected chi connectivity index (χ4v) is 5.52. The van der Waals surface area contributed by atoms with Gasteiger partial charge in [0.25, 0.3) is 0 Å². The summed E-state index contributed by atoms with van der Waals surface area (Å²) in [5.74, 6) is -0.642. The maximum atomic E-state index is 13.7. The summed E-state index contributed by atoms with van der Waals surface area (Å²) in [4.78, 5) is 28.4. The van der Waals surface area contributed by atoms with Gasteiger partial charge in [0.2, 0.25) is 21.8 Å². The van der Waals surface area contributed by atoms with Gasteiger partial charge in [-0.05, 0) is 48.4 Å². The number of nitrogens with one attached hydrogen (secondary N) is 1. The largest absolute Gasteiger partial charge is 0.352 e. The van der Waals surface area contributed by atoms with Gasteiger partial charge in [0.15, 0.2) is 0 Å². The van der Waals surface area contributed by atoms with Crippen LogP contribution in [0.15, 0.2) is 54.6 Å². The monoisotopic (exact) mass is 527 g/mol. The van der Waals surface area contributed by atoms with Gasteiger partial charge in [-0.2, -0.15) is 0 Å². The van der Waals surface area contributed by atoms with Gasteiger partial charge in [-0.1, -0.05) is 82.5 Å². The third kappa shape index (κ3) is 8.06. The number of anilines is 1. The number of carbonyl (C=O) groups excluding carboxylic acids is 2. The normalized spacial score (nSPS) is 15.6. The Morgan fingerprint density at radius 2 is 1.57 bits per heavy atom. The third-order valence-electron chi connectivity index (χ3n) is 7.02. The van der Waals surface area contributed by atoms with Crippen LogP contribution in [0.5, 0.6) is 0 Å². The Balaban J connectivity index is 1.85.